The Morgan fingerprint density at radius 3 is 1.11 bits per heavy atom. The molecule has 0 atom stereocenters. The van der Waals surface area contributed by atoms with Crippen molar-refractivity contribution >= 4 is 0 Å². The molecule has 0 unspecified atom stereocenters. The van der Waals surface area contributed by atoms with Crippen LogP contribution >= 0.6 is 0 Å². The van der Waals surface area contributed by atoms with Crippen molar-refractivity contribution in [3.05, 3.63) is 25.4 Å². The van der Waals surface area contributed by atoms with E-state index in [1.807, 2.05) is 0 Å². The van der Waals surface area contributed by atoms with Crippen LogP contribution in [-0.2, 0) is 21.1 Å². The second-order valence-electron chi connectivity index (χ2n) is 0.461. The van der Waals surface area contributed by atoms with Crippen LogP contribution in [0.5, 0.6) is 0 Å². The summed E-state index contributed by atoms with van der Waals surface area (Å²) in [4.78, 5) is 16.6. The third-order valence-corrected chi connectivity index (χ3v) is 0. The molecule has 58 valence electrons. The van der Waals surface area contributed by atoms with Crippen LogP contribution in [0.3, 0.4) is 0 Å². The molecule has 1 N–H and O–H groups in total. The first-order valence-electron chi connectivity index (χ1n) is 1.11. The molecule has 0 aromatic rings. The zero-order valence-electron chi connectivity index (χ0n) is 3.70. The van der Waals surface area contributed by atoms with Gasteiger partial charge in [0, 0.05) is 21.1 Å². The predicted molar refractivity (Wildman–Crippen MR) is 19.1 cm³/mol. The molecule has 0 radical (unpaired) electrons. The molecule has 0 aromatic heterocycles. The molecule has 0 fully saturated rings. The fourth-order valence-electron chi connectivity index (χ4n) is 0. The summed E-state index contributed by atoms with van der Waals surface area (Å²) in [6.07, 6.45) is 0. The fourth-order valence-corrected chi connectivity index (χ4v) is 0. The normalized spacial score (nSPS) is 5.33. The second kappa shape index (κ2) is 10.1. The molecule has 0 aliphatic carbocycles. The van der Waals surface area contributed by atoms with E-state index in [2.05, 4.69) is 0 Å². The molecule has 0 amide bonds. The minimum Gasteiger partial charge on any atom is -0.356 e. The molecule has 8 nitrogen and oxygen atoms in total. The summed E-state index contributed by atoms with van der Waals surface area (Å²) in [5, 5.41) is 28.4. The fraction of sp³-hybridized carbons (Fsp3) is 0. The zero-order valence-corrected chi connectivity index (χ0v) is 5.97. The van der Waals surface area contributed by atoms with Crippen LogP contribution in [-0.4, -0.2) is 15.4 Å². The molecule has 0 aliphatic rings. The Morgan fingerprint density at radius 1 is 1.11 bits per heavy atom. The summed E-state index contributed by atoms with van der Waals surface area (Å²) >= 11 is 0. The van der Waals surface area contributed by atoms with Crippen molar-refractivity contribution in [2.75, 3.05) is 0 Å². The van der Waals surface area contributed by atoms with Crippen molar-refractivity contribution in [2.45, 2.75) is 0 Å². The maximum atomic E-state index is 8.36. The van der Waals surface area contributed by atoms with Crippen molar-refractivity contribution < 1.29 is 36.4 Å². The van der Waals surface area contributed by atoms with Crippen LogP contribution < -0.4 is 0 Å². The van der Waals surface area contributed by atoms with E-state index in [1.54, 1.807) is 0 Å². The molecule has 0 rings (SSSR count). The third-order valence-electron chi connectivity index (χ3n) is 0. The maximum absolute atomic E-state index is 8.36. The van der Waals surface area contributed by atoms with E-state index in [9.17, 15) is 0 Å². The molecular formula is HN2O6Pt-. The van der Waals surface area contributed by atoms with Gasteiger partial charge in [-0.15, -0.1) is 10.1 Å². The van der Waals surface area contributed by atoms with Crippen LogP contribution in [0.25, 0.3) is 0 Å². The quantitative estimate of drug-likeness (QED) is 0.469. The van der Waals surface area contributed by atoms with Gasteiger partial charge in [0.05, 0.1) is 5.09 Å². The van der Waals surface area contributed by atoms with E-state index in [0.717, 1.165) is 0 Å². The van der Waals surface area contributed by atoms with Gasteiger partial charge in [0.25, 0.3) is 5.09 Å². The summed E-state index contributed by atoms with van der Waals surface area (Å²) < 4.78 is 0. The molecule has 0 aliphatic heterocycles. The average molecular weight is 320 g/mol. The maximum Gasteiger partial charge on any atom is 0.291 e. The zero-order chi connectivity index (χ0) is 7.15. The van der Waals surface area contributed by atoms with Gasteiger partial charge in [-0.25, -0.2) is 0 Å². The minimum absolute atomic E-state index is 0. The van der Waals surface area contributed by atoms with Crippen molar-refractivity contribution in [1.29, 1.82) is 0 Å². The Kier molecular flexibility index (Phi) is 17.7. The monoisotopic (exact) mass is 320 g/mol. The van der Waals surface area contributed by atoms with Gasteiger partial charge in [-0.1, -0.05) is 0 Å². The topological polar surface area (TPSA) is 130 Å². The van der Waals surface area contributed by atoms with Gasteiger partial charge < -0.3 is 20.5 Å². The molecule has 0 spiro atoms. The Balaban J connectivity index is -0.0000000720. The Hall–Kier alpha value is -0.912. The number of nitrogens with zero attached hydrogens (tertiary/aromatic N) is 2. The summed E-state index contributed by atoms with van der Waals surface area (Å²) in [7, 11) is 0. The van der Waals surface area contributed by atoms with Gasteiger partial charge in [0.15, 0.2) is 0 Å². The first kappa shape index (κ1) is 15.7. The molecule has 9 heteroatoms. The largest absolute Gasteiger partial charge is 0.356 e. The molecule has 0 aromatic carbocycles. The van der Waals surface area contributed by atoms with Crippen LogP contribution in [0.1, 0.15) is 0 Å². The molecule has 0 saturated heterocycles. The SMILES string of the molecule is O=[N+]([O-])O.O=[N+]([O-])[O-].[Pt]. The Labute approximate surface area is 62.6 Å². The van der Waals surface area contributed by atoms with Gasteiger partial charge in [-0.2, -0.15) is 0 Å². The number of hydrogen-bond acceptors (Lipinski definition) is 5. The van der Waals surface area contributed by atoms with Crippen LogP contribution in [0.4, 0.5) is 0 Å². The first-order chi connectivity index (χ1) is 3.46. The molecule has 9 heavy (non-hydrogen) atoms. The van der Waals surface area contributed by atoms with Gasteiger partial charge >= 0.3 is 0 Å². The van der Waals surface area contributed by atoms with E-state index in [-0.39, 0.29) is 21.1 Å². The van der Waals surface area contributed by atoms with Crippen LogP contribution in [0.15, 0.2) is 0 Å². The second-order valence-corrected chi connectivity index (χ2v) is 0.461. The standard InChI is InChI=1S/HNO3.NO3.Pt/c2*2-1(3)4;/h(H,2,3,4);;/q;-1;. The molecule has 0 saturated carbocycles. The minimum atomic E-state index is -1.75. The smallest absolute Gasteiger partial charge is 0.291 e. The van der Waals surface area contributed by atoms with Gasteiger partial charge in [0.1, 0.15) is 0 Å². The molecule has 0 bridgehead atoms. The van der Waals surface area contributed by atoms with Crippen LogP contribution in [0.2, 0.25) is 0 Å². The van der Waals surface area contributed by atoms with Crippen molar-refractivity contribution in [2.24, 2.45) is 0 Å². The van der Waals surface area contributed by atoms with Crippen molar-refractivity contribution in [1.82, 2.24) is 0 Å². The van der Waals surface area contributed by atoms with Gasteiger partial charge in [-0.3, -0.25) is 0 Å². The predicted octanol–water partition coefficient (Wildman–Crippen LogP) is -0.589. The summed E-state index contributed by atoms with van der Waals surface area (Å²) in [5.41, 5.74) is 0. The summed E-state index contributed by atoms with van der Waals surface area (Å²) in [6.45, 7) is 0. The van der Waals surface area contributed by atoms with E-state index in [4.69, 9.17) is 30.6 Å². The summed E-state index contributed by atoms with van der Waals surface area (Å²) in [6, 6.07) is 0. The average Bonchev–Trinajstić information content (AvgIpc) is 1.25. The molecular weight excluding hydrogens is 319 g/mol. The third kappa shape index (κ3) is 221. The molecule has 0 heterocycles. The Bertz CT molecular complexity index is 69.1. The van der Waals surface area contributed by atoms with E-state index in [0.29, 0.717) is 0 Å². The van der Waals surface area contributed by atoms with Gasteiger partial charge in [0.2, 0.25) is 0 Å². The van der Waals surface area contributed by atoms with E-state index in [1.165, 1.54) is 0 Å². The van der Waals surface area contributed by atoms with Crippen LogP contribution in [0, 0.1) is 25.4 Å². The van der Waals surface area contributed by atoms with Crippen molar-refractivity contribution in [3.63, 3.8) is 0 Å². The number of rotatable bonds is 0. The van der Waals surface area contributed by atoms with E-state index < -0.39 is 10.2 Å². The van der Waals surface area contributed by atoms with Crippen molar-refractivity contribution in [3.8, 4) is 0 Å². The Morgan fingerprint density at radius 2 is 1.11 bits per heavy atom. The van der Waals surface area contributed by atoms with Gasteiger partial charge in [-0.05, 0) is 0 Å². The first-order valence-corrected chi connectivity index (χ1v) is 1.11. The van der Waals surface area contributed by atoms with E-state index >= 15 is 0 Å². The number of hydrogen-bond donors (Lipinski definition) is 1. The summed E-state index contributed by atoms with van der Waals surface area (Å²) in [5.74, 6) is 0.